The van der Waals surface area contributed by atoms with Gasteiger partial charge in [-0.05, 0) is 48.3 Å². The van der Waals surface area contributed by atoms with Crippen molar-refractivity contribution in [1.82, 2.24) is 10.6 Å². The number of carboxylic acid groups (broad SMARTS) is 1. The van der Waals surface area contributed by atoms with E-state index in [0.717, 1.165) is 8.66 Å². The van der Waals surface area contributed by atoms with Gasteiger partial charge in [-0.25, -0.2) is 4.79 Å². The van der Waals surface area contributed by atoms with E-state index in [4.69, 9.17) is 5.11 Å². The number of rotatable bonds is 6. The fourth-order valence-electron chi connectivity index (χ4n) is 1.48. The molecule has 21 heavy (non-hydrogen) atoms. The van der Waals surface area contributed by atoms with Gasteiger partial charge in [-0.15, -0.1) is 11.3 Å². The van der Waals surface area contributed by atoms with Crippen LogP contribution in [0.15, 0.2) is 15.9 Å². The Bertz CT molecular complexity index is 542. The molecule has 1 aromatic rings. The number of amides is 3. The second-order valence-corrected chi connectivity index (χ2v) is 7.67. The lowest BCUT2D eigenvalue weighted by Gasteiger charge is -2.17. The third kappa shape index (κ3) is 6.26. The molecule has 0 bridgehead atoms. The van der Waals surface area contributed by atoms with Gasteiger partial charge in [0.25, 0.3) is 0 Å². The molecule has 6 nitrogen and oxygen atoms in total. The molecule has 1 aromatic heterocycles. The maximum atomic E-state index is 11.6. The minimum Gasteiger partial charge on any atom is -0.481 e. The van der Waals surface area contributed by atoms with Gasteiger partial charge >= 0.3 is 12.0 Å². The van der Waals surface area contributed by atoms with Gasteiger partial charge in [-0.3, -0.25) is 14.9 Å². The van der Waals surface area contributed by atoms with Crippen LogP contribution in [0.4, 0.5) is 4.79 Å². The number of thiophene rings is 1. The molecule has 116 valence electrons. The first kappa shape index (κ1) is 17.6. The summed E-state index contributed by atoms with van der Waals surface area (Å²) in [5.74, 6) is -1.69. The molecule has 0 aliphatic carbocycles. The van der Waals surface area contributed by atoms with Gasteiger partial charge in [-0.2, -0.15) is 0 Å². The van der Waals surface area contributed by atoms with Crippen LogP contribution in [-0.4, -0.2) is 29.6 Å². The molecule has 0 spiro atoms. The molecule has 0 radical (unpaired) electrons. The molecule has 0 aliphatic rings. The molecule has 3 N–H and O–H groups in total. The number of carbonyl (C=O) groups is 3. The predicted octanol–water partition coefficient (Wildman–Crippen LogP) is 2.38. The molecule has 0 saturated heterocycles. The topological polar surface area (TPSA) is 95.5 Å². The molecule has 0 unspecified atom stereocenters. The van der Waals surface area contributed by atoms with Crippen LogP contribution in [0.5, 0.6) is 0 Å². The second kappa shape index (κ2) is 7.56. The van der Waals surface area contributed by atoms with Crippen molar-refractivity contribution in [2.75, 3.05) is 6.54 Å². The Hall–Kier alpha value is -1.41. The molecule has 8 heteroatoms. The molecule has 0 aliphatic heterocycles. The van der Waals surface area contributed by atoms with Crippen molar-refractivity contribution in [1.29, 1.82) is 0 Å². The van der Waals surface area contributed by atoms with E-state index >= 15 is 0 Å². The highest BCUT2D eigenvalue weighted by Gasteiger charge is 2.30. The molecule has 0 aromatic carbocycles. The van der Waals surface area contributed by atoms with E-state index < -0.39 is 23.3 Å². The van der Waals surface area contributed by atoms with Crippen molar-refractivity contribution in [2.45, 2.75) is 26.7 Å². The normalized spacial score (nSPS) is 11.0. The van der Waals surface area contributed by atoms with Crippen molar-refractivity contribution in [3.8, 4) is 0 Å². The zero-order chi connectivity index (χ0) is 16.0. The average Bonchev–Trinajstić information content (AvgIpc) is 2.73. The smallest absolute Gasteiger partial charge is 0.321 e. The first-order valence-corrected chi connectivity index (χ1v) is 7.87. The van der Waals surface area contributed by atoms with E-state index in [0.29, 0.717) is 13.0 Å². The number of hydrogen-bond donors (Lipinski definition) is 3. The van der Waals surface area contributed by atoms with Gasteiger partial charge in [0.2, 0.25) is 5.91 Å². The average molecular weight is 377 g/mol. The summed E-state index contributed by atoms with van der Waals surface area (Å²) in [6, 6.07) is 3.27. The number of halogens is 1. The summed E-state index contributed by atoms with van der Waals surface area (Å²) in [7, 11) is 0. The first-order chi connectivity index (χ1) is 9.70. The SMILES string of the molecule is CC(C)(CC(=O)NC(=O)NCCc1ccc(Br)s1)C(=O)O. The number of hydrogen-bond acceptors (Lipinski definition) is 4. The highest BCUT2D eigenvalue weighted by atomic mass is 79.9. The molecular formula is C13H17BrN2O4S. The Morgan fingerprint density at radius 1 is 1.33 bits per heavy atom. The van der Waals surface area contributed by atoms with Gasteiger partial charge in [0.15, 0.2) is 0 Å². The summed E-state index contributed by atoms with van der Waals surface area (Å²) in [6.07, 6.45) is 0.409. The quantitative estimate of drug-likeness (QED) is 0.709. The van der Waals surface area contributed by atoms with Crippen LogP contribution >= 0.6 is 27.3 Å². The van der Waals surface area contributed by atoms with Crippen LogP contribution in [0.2, 0.25) is 0 Å². The van der Waals surface area contributed by atoms with E-state index in [1.165, 1.54) is 13.8 Å². The number of aliphatic carboxylic acids is 1. The molecule has 1 rings (SSSR count). The first-order valence-electron chi connectivity index (χ1n) is 6.26. The minimum absolute atomic E-state index is 0.256. The largest absolute Gasteiger partial charge is 0.481 e. The number of carboxylic acids is 1. The van der Waals surface area contributed by atoms with Crippen molar-refractivity contribution in [3.63, 3.8) is 0 Å². The van der Waals surface area contributed by atoms with Crippen molar-refractivity contribution in [3.05, 3.63) is 20.8 Å². The third-order valence-corrected chi connectivity index (χ3v) is 4.40. The number of urea groups is 1. The Balaban J connectivity index is 2.30. The van der Waals surface area contributed by atoms with Gasteiger partial charge in [0.05, 0.1) is 9.20 Å². The fraction of sp³-hybridized carbons (Fsp3) is 0.462. The van der Waals surface area contributed by atoms with Crippen molar-refractivity contribution < 1.29 is 19.5 Å². The van der Waals surface area contributed by atoms with Crippen LogP contribution in [0.1, 0.15) is 25.1 Å². The Kier molecular flexibility index (Phi) is 6.35. The second-order valence-electron chi connectivity index (χ2n) is 5.13. The van der Waals surface area contributed by atoms with Gasteiger partial charge < -0.3 is 10.4 Å². The van der Waals surface area contributed by atoms with E-state index in [1.807, 2.05) is 12.1 Å². The Morgan fingerprint density at radius 2 is 2.00 bits per heavy atom. The van der Waals surface area contributed by atoms with Gasteiger partial charge in [0, 0.05) is 17.8 Å². The van der Waals surface area contributed by atoms with E-state index in [1.54, 1.807) is 11.3 Å². The number of nitrogens with one attached hydrogen (secondary N) is 2. The van der Waals surface area contributed by atoms with Crippen LogP contribution < -0.4 is 10.6 Å². The van der Waals surface area contributed by atoms with Crippen LogP contribution in [0, 0.1) is 5.41 Å². The summed E-state index contributed by atoms with van der Waals surface area (Å²) < 4.78 is 1.02. The summed E-state index contributed by atoms with van der Waals surface area (Å²) >= 11 is 4.93. The lowest BCUT2D eigenvalue weighted by atomic mass is 9.89. The number of imide groups is 1. The predicted molar refractivity (Wildman–Crippen MR) is 83.3 cm³/mol. The van der Waals surface area contributed by atoms with Crippen LogP contribution in [0.25, 0.3) is 0 Å². The Morgan fingerprint density at radius 3 is 2.52 bits per heavy atom. The van der Waals surface area contributed by atoms with Crippen molar-refractivity contribution in [2.24, 2.45) is 5.41 Å². The monoisotopic (exact) mass is 376 g/mol. The lowest BCUT2D eigenvalue weighted by Crippen LogP contribution is -2.42. The fourth-order valence-corrected chi connectivity index (χ4v) is 2.96. The van der Waals surface area contributed by atoms with E-state index in [2.05, 4.69) is 26.6 Å². The highest BCUT2D eigenvalue weighted by molar-refractivity contribution is 9.11. The minimum atomic E-state index is -1.20. The highest BCUT2D eigenvalue weighted by Crippen LogP contribution is 2.22. The molecule has 0 atom stereocenters. The lowest BCUT2D eigenvalue weighted by molar-refractivity contribution is -0.149. The summed E-state index contributed by atoms with van der Waals surface area (Å²) in [5.41, 5.74) is -1.20. The van der Waals surface area contributed by atoms with Gasteiger partial charge in [0.1, 0.15) is 0 Å². The van der Waals surface area contributed by atoms with E-state index in [9.17, 15) is 14.4 Å². The maximum absolute atomic E-state index is 11.6. The van der Waals surface area contributed by atoms with Crippen LogP contribution in [0.3, 0.4) is 0 Å². The summed E-state index contributed by atoms with van der Waals surface area (Å²) in [4.78, 5) is 35.1. The zero-order valence-electron chi connectivity index (χ0n) is 11.7. The maximum Gasteiger partial charge on any atom is 0.321 e. The standard InChI is InChI=1S/C13H17BrN2O4S/c1-13(2,11(18)19)7-10(17)16-12(20)15-6-5-8-3-4-9(14)21-8/h3-4H,5-7H2,1-2H3,(H,18,19)(H2,15,16,17,20). The van der Waals surface area contributed by atoms with E-state index in [-0.39, 0.29) is 6.42 Å². The Labute approximate surface area is 135 Å². The molecular weight excluding hydrogens is 360 g/mol. The summed E-state index contributed by atoms with van der Waals surface area (Å²) in [6.45, 7) is 3.26. The summed E-state index contributed by atoms with van der Waals surface area (Å²) in [5, 5.41) is 13.6. The van der Waals surface area contributed by atoms with Gasteiger partial charge in [-0.1, -0.05) is 0 Å². The molecule has 3 amide bonds. The molecule has 0 fully saturated rings. The molecule has 0 saturated carbocycles. The van der Waals surface area contributed by atoms with Crippen LogP contribution in [-0.2, 0) is 16.0 Å². The number of carbonyl (C=O) groups excluding carboxylic acids is 2. The third-order valence-electron chi connectivity index (χ3n) is 2.72. The van der Waals surface area contributed by atoms with Crippen molar-refractivity contribution >= 4 is 45.2 Å². The molecule has 1 heterocycles. The zero-order valence-corrected chi connectivity index (χ0v) is 14.1.